The van der Waals surface area contributed by atoms with E-state index in [1.807, 2.05) is 25.1 Å². The van der Waals surface area contributed by atoms with E-state index < -0.39 is 0 Å². The highest BCUT2D eigenvalue weighted by Crippen LogP contribution is 2.23. The number of oxime groups is 1. The summed E-state index contributed by atoms with van der Waals surface area (Å²) in [5.41, 5.74) is 3.34. The van der Waals surface area contributed by atoms with E-state index in [-0.39, 0.29) is 11.9 Å². The van der Waals surface area contributed by atoms with Crippen LogP contribution in [0.25, 0.3) is 0 Å². The average Bonchev–Trinajstić information content (AvgIpc) is 3.23. The molecule has 0 unspecified atom stereocenters. The lowest BCUT2D eigenvalue weighted by atomic mass is 9.98. The third kappa shape index (κ3) is 5.67. The summed E-state index contributed by atoms with van der Waals surface area (Å²) in [5, 5.41) is 4.47. The molecule has 5 nitrogen and oxygen atoms in total. The molecule has 27 heavy (non-hydrogen) atoms. The molecule has 1 atom stereocenters. The summed E-state index contributed by atoms with van der Waals surface area (Å²) in [6.45, 7) is 5.36. The summed E-state index contributed by atoms with van der Waals surface area (Å²) in [5.74, 6) is -0.0774. The number of allylic oxidation sites excluding steroid dienone is 2. The fourth-order valence-electron chi connectivity index (χ4n) is 3.77. The molecule has 1 aliphatic carbocycles. The number of esters is 1. The van der Waals surface area contributed by atoms with Gasteiger partial charge in [-0.25, -0.2) is 0 Å². The van der Waals surface area contributed by atoms with Crippen LogP contribution in [0.2, 0.25) is 0 Å². The maximum absolute atomic E-state index is 12.0. The average molecular weight is 370 g/mol. The minimum absolute atomic E-state index is 0.00859. The van der Waals surface area contributed by atoms with Crippen LogP contribution in [0.15, 0.2) is 47.1 Å². The molecule has 1 saturated heterocycles. The van der Waals surface area contributed by atoms with Crippen molar-refractivity contribution in [1.82, 2.24) is 4.90 Å². The van der Waals surface area contributed by atoms with E-state index in [1.54, 1.807) is 0 Å². The van der Waals surface area contributed by atoms with Crippen LogP contribution < -0.4 is 0 Å². The first-order chi connectivity index (χ1) is 13.3. The highest BCUT2D eigenvalue weighted by molar-refractivity contribution is 6.12. The third-order valence-electron chi connectivity index (χ3n) is 5.17. The van der Waals surface area contributed by atoms with Crippen molar-refractivity contribution in [1.29, 1.82) is 0 Å². The zero-order chi connectivity index (χ0) is 18.9. The summed E-state index contributed by atoms with van der Waals surface area (Å²) < 4.78 is 5.17. The maximum atomic E-state index is 12.0. The minimum Gasteiger partial charge on any atom is -0.466 e. The number of carbonyl (C=O) groups is 1. The van der Waals surface area contributed by atoms with Gasteiger partial charge in [0.15, 0.2) is 0 Å². The van der Waals surface area contributed by atoms with Crippen molar-refractivity contribution in [3.8, 4) is 0 Å². The molecule has 0 radical (unpaired) electrons. The van der Waals surface area contributed by atoms with Gasteiger partial charge in [-0.3, -0.25) is 9.69 Å². The fourth-order valence-corrected chi connectivity index (χ4v) is 3.77. The quantitative estimate of drug-likeness (QED) is 0.302. The number of nitrogens with zero attached hydrogens (tertiary/aromatic N) is 2. The molecule has 146 valence electrons. The lowest BCUT2D eigenvalue weighted by Crippen LogP contribution is -2.40. The van der Waals surface area contributed by atoms with Gasteiger partial charge in [-0.05, 0) is 51.1 Å². The summed E-state index contributed by atoms with van der Waals surface area (Å²) in [6.07, 6.45) is 7.57. The molecule has 1 heterocycles. The van der Waals surface area contributed by atoms with Gasteiger partial charge in [-0.1, -0.05) is 41.6 Å². The Labute approximate surface area is 162 Å². The van der Waals surface area contributed by atoms with E-state index in [4.69, 9.17) is 9.57 Å². The Bertz CT molecular complexity index is 669. The van der Waals surface area contributed by atoms with E-state index >= 15 is 0 Å². The number of piperidine rings is 1. The van der Waals surface area contributed by atoms with Crippen molar-refractivity contribution >= 4 is 11.7 Å². The Kier molecular flexibility index (Phi) is 7.45. The predicted octanol–water partition coefficient (Wildman–Crippen LogP) is 3.79. The molecule has 2 aliphatic rings. The first kappa shape index (κ1) is 19.6. The predicted molar refractivity (Wildman–Crippen MR) is 107 cm³/mol. The normalized spacial score (nSPS) is 21.0. The number of rotatable bonds is 8. The monoisotopic (exact) mass is 370 g/mol. The summed E-state index contributed by atoms with van der Waals surface area (Å²) >= 11 is 0. The van der Waals surface area contributed by atoms with Gasteiger partial charge in [-0.15, -0.1) is 0 Å². The number of hydrogen-bond acceptors (Lipinski definition) is 5. The lowest BCUT2D eigenvalue weighted by Gasteiger charge is -2.30. The SMILES string of the molecule is CCOC(=O)[C@@H]1CCCN(CCON=C(C2=CCCC2)c2ccccc2)C1. The van der Waals surface area contributed by atoms with Gasteiger partial charge < -0.3 is 9.57 Å². The Hall–Kier alpha value is -2.14. The molecule has 1 aliphatic heterocycles. The fraction of sp³-hybridized carbons (Fsp3) is 0.545. The number of benzene rings is 1. The molecule has 0 N–H and O–H groups in total. The molecule has 1 fully saturated rings. The second kappa shape index (κ2) is 10.3. The van der Waals surface area contributed by atoms with E-state index in [9.17, 15) is 4.79 Å². The smallest absolute Gasteiger partial charge is 0.310 e. The van der Waals surface area contributed by atoms with E-state index in [2.05, 4.69) is 28.3 Å². The van der Waals surface area contributed by atoms with Crippen molar-refractivity contribution < 1.29 is 14.4 Å². The van der Waals surface area contributed by atoms with Gasteiger partial charge in [0, 0.05) is 18.7 Å². The summed E-state index contributed by atoms with van der Waals surface area (Å²) in [7, 11) is 0. The van der Waals surface area contributed by atoms with Gasteiger partial charge in [0.05, 0.1) is 12.5 Å². The van der Waals surface area contributed by atoms with Gasteiger partial charge in [0.2, 0.25) is 0 Å². The molecule has 1 aromatic carbocycles. The van der Waals surface area contributed by atoms with Crippen LogP contribution in [0.1, 0.15) is 44.6 Å². The molecule has 0 saturated carbocycles. The molecular weight excluding hydrogens is 340 g/mol. The first-order valence-corrected chi connectivity index (χ1v) is 10.1. The van der Waals surface area contributed by atoms with Crippen molar-refractivity contribution in [2.24, 2.45) is 11.1 Å². The summed E-state index contributed by atoms with van der Waals surface area (Å²) in [6, 6.07) is 10.2. The van der Waals surface area contributed by atoms with Crippen LogP contribution in [0, 0.1) is 5.92 Å². The molecule has 5 heteroatoms. The number of carbonyl (C=O) groups excluding carboxylic acids is 1. The zero-order valence-corrected chi connectivity index (χ0v) is 16.2. The van der Waals surface area contributed by atoms with Crippen molar-refractivity contribution in [3.63, 3.8) is 0 Å². The van der Waals surface area contributed by atoms with Crippen molar-refractivity contribution in [2.75, 3.05) is 32.8 Å². The van der Waals surface area contributed by atoms with Gasteiger partial charge >= 0.3 is 5.97 Å². The molecule has 1 aromatic rings. The van der Waals surface area contributed by atoms with Crippen LogP contribution >= 0.6 is 0 Å². The minimum atomic E-state index is -0.0688. The van der Waals surface area contributed by atoms with Gasteiger partial charge in [0.25, 0.3) is 0 Å². The number of ether oxygens (including phenoxy) is 1. The third-order valence-corrected chi connectivity index (χ3v) is 5.17. The van der Waals surface area contributed by atoms with Crippen LogP contribution in [-0.4, -0.2) is 49.4 Å². The Morgan fingerprint density at radius 3 is 2.85 bits per heavy atom. The van der Waals surface area contributed by atoms with Crippen molar-refractivity contribution in [3.05, 3.63) is 47.5 Å². The Balaban J connectivity index is 1.53. The standard InChI is InChI=1S/C22H30N2O3/c1-2-26-22(25)20-13-8-14-24(17-20)15-16-27-23-21(19-11-6-7-12-19)18-9-4-3-5-10-18/h3-5,9-11,20H,2,6-8,12-17H2,1H3/t20-/m1/s1. The van der Waals surface area contributed by atoms with Gasteiger partial charge in [-0.2, -0.15) is 0 Å². The molecule has 0 amide bonds. The molecular formula is C22H30N2O3. The van der Waals surface area contributed by atoms with Crippen LogP contribution in [0.3, 0.4) is 0 Å². The first-order valence-electron chi connectivity index (χ1n) is 10.1. The largest absolute Gasteiger partial charge is 0.466 e. The zero-order valence-electron chi connectivity index (χ0n) is 16.2. The summed E-state index contributed by atoms with van der Waals surface area (Å²) in [4.78, 5) is 19.9. The van der Waals surface area contributed by atoms with Crippen molar-refractivity contribution in [2.45, 2.75) is 39.0 Å². The van der Waals surface area contributed by atoms with Crippen LogP contribution in [-0.2, 0) is 14.4 Å². The van der Waals surface area contributed by atoms with Crippen LogP contribution in [0.5, 0.6) is 0 Å². The number of likely N-dealkylation sites (tertiary alicyclic amines) is 1. The molecule has 0 bridgehead atoms. The van der Waals surface area contributed by atoms with Crippen LogP contribution in [0.4, 0.5) is 0 Å². The second-order valence-electron chi connectivity index (χ2n) is 7.15. The lowest BCUT2D eigenvalue weighted by molar-refractivity contribution is -0.150. The topological polar surface area (TPSA) is 51.1 Å². The van der Waals surface area contributed by atoms with E-state index in [0.717, 1.165) is 56.6 Å². The molecule has 0 spiro atoms. The maximum Gasteiger partial charge on any atom is 0.310 e. The highest BCUT2D eigenvalue weighted by Gasteiger charge is 2.26. The molecule has 0 aromatic heterocycles. The Morgan fingerprint density at radius 2 is 2.11 bits per heavy atom. The Morgan fingerprint density at radius 1 is 1.26 bits per heavy atom. The van der Waals surface area contributed by atoms with Gasteiger partial charge in [0.1, 0.15) is 12.3 Å². The number of hydrogen-bond donors (Lipinski definition) is 0. The van der Waals surface area contributed by atoms with E-state index in [0.29, 0.717) is 13.2 Å². The highest BCUT2D eigenvalue weighted by atomic mass is 16.6. The molecule has 3 rings (SSSR count). The second-order valence-corrected chi connectivity index (χ2v) is 7.15. The van der Waals surface area contributed by atoms with E-state index in [1.165, 1.54) is 12.0 Å².